The van der Waals surface area contributed by atoms with Crippen LogP contribution in [0.5, 0.6) is 0 Å². The smallest absolute Gasteiger partial charge is 0.134 e. The Labute approximate surface area is 109 Å². The van der Waals surface area contributed by atoms with Crippen molar-refractivity contribution in [3.05, 3.63) is 11.9 Å². The summed E-state index contributed by atoms with van der Waals surface area (Å²) in [6.45, 7) is 7.34. The molecule has 5 nitrogen and oxygen atoms in total. The van der Waals surface area contributed by atoms with E-state index >= 15 is 0 Å². The highest BCUT2D eigenvalue weighted by molar-refractivity contribution is 5.57. The predicted molar refractivity (Wildman–Crippen MR) is 75.0 cm³/mol. The molecule has 0 spiro atoms. The van der Waals surface area contributed by atoms with E-state index in [9.17, 15) is 0 Å². The fraction of sp³-hybridized carbons (Fsp3) is 0.692. The molecule has 0 saturated carbocycles. The average molecular weight is 252 g/mol. The second-order valence-electron chi connectivity index (χ2n) is 4.34. The summed E-state index contributed by atoms with van der Waals surface area (Å²) in [5.74, 6) is 1.81. The lowest BCUT2D eigenvalue weighted by molar-refractivity contribution is 0.282. The normalized spacial score (nSPS) is 12.2. The lowest BCUT2D eigenvalue weighted by Gasteiger charge is -2.18. The van der Waals surface area contributed by atoms with Crippen LogP contribution in [0.25, 0.3) is 0 Å². The molecule has 0 bridgehead atoms. The molecule has 1 aromatic heterocycles. The molecule has 3 N–H and O–H groups in total. The van der Waals surface area contributed by atoms with Crippen LogP contribution in [-0.2, 0) is 6.42 Å². The summed E-state index contributed by atoms with van der Waals surface area (Å²) < 4.78 is 0. The minimum absolute atomic E-state index is 0.235. The molecule has 1 unspecified atom stereocenters. The van der Waals surface area contributed by atoms with Gasteiger partial charge in [-0.2, -0.15) is 0 Å². The molecule has 1 atom stereocenters. The summed E-state index contributed by atoms with van der Waals surface area (Å²) in [5.41, 5.74) is 1.12. The summed E-state index contributed by atoms with van der Waals surface area (Å²) in [5, 5.41) is 15.5. The summed E-state index contributed by atoms with van der Waals surface area (Å²) in [7, 11) is 0. The van der Waals surface area contributed by atoms with Crippen LogP contribution in [0.15, 0.2) is 6.33 Å². The summed E-state index contributed by atoms with van der Waals surface area (Å²) >= 11 is 0. The topological polar surface area (TPSA) is 70.1 Å². The number of hydrogen-bond donors (Lipinski definition) is 3. The zero-order valence-corrected chi connectivity index (χ0v) is 11.5. The minimum atomic E-state index is 0.235. The van der Waals surface area contributed by atoms with Gasteiger partial charge in [-0.05, 0) is 33.1 Å². The van der Waals surface area contributed by atoms with Crippen molar-refractivity contribution in [2.45, 2.75) is 46.1 Å². The molecular formula is C13H24N4O. The van der Waals surface area contributed by atoms with Crippen molar-refractivity contribution in [2.24, 2.45) is 0 Å². The fourth-order valence-electron chi connectivity index (χ4n) is 1.89. The Morgan fingerprint density at radius 2 is 2.00 bits per heavy atom. The van der Waals surface area contributed by atoms with Crippen molar-refractivity contribution in [2.75, 3.05) is 23.8 Å². The van der Waals surface area contributed by atoms with Crippen molar-refractivity contribution in [1.82, 2.24) is 9.97 Å². The molecule has 1 heterocycles. The molecule has 0 amide bonds. The molecule has 0 radical (unpaired) electrons. The molecule has 0 aliphatic carbocycles. The van der Waals surface area contributed by atoms with Crippen molar-refractivity contribution < 1.29 is 5.11 Å². The molecular weight excluding hydrogens is 228 g/mol. The van der Waals surface area contributed by atoms with E-state index in [4.69, 9.17) is 5.11 Å². The molecule has 0 aromatic carbocycles. The van der Waals surface area contributed by atoms with E-state index in [-0.39, 0.29) is 6.61 Å². The molecule has 1 aromatic rings. The third-order valence-corrected chi connectivity index (χ3v) is 2.82. The quantitative estimate of drug-likeness (QED) is 0.660. The predicted octanol–water partition coefficient (Wildman–Crippen LogP) is 2.04. The molecule has 1 rings (SSSR count). The van der Waals surface area contributed by atoms with Gasteiger partial charge in [-0.3, -0.25) is 0 Å². The van der Waals surface area contributed by atoms with E-state index in [1.807, 2.05) is 0 Å². The maximum Gasteiger partial charge on any atom is 0.134 e. The zero-order chi connectivity index (χ0) is 13.4. The zero-order valence-electron chi connectivity index (χ0n) is 11.5. The van der Waals surface area contributed by atoms with E-state index in [2.05, 4.69) is 41.4 Å². The van der Waals surface area contributed by atoms with Gasteiger partial charge >= 0.3 is 0 Å². The third-order valence-electron chi connectivity index (χ3n) is 2.82. The highest BCUT2D eigenvalue weighted by Gasteiger charge is 2.11. The Balaban J connectivity index is 2.77. The standard InChI is InChI=1S/C13H24N4O/c1-4-11-12(14-5-2)15-9-16-13(11)17-10(3)7-6-8-18/h9-10,18H,4-8H2,1-3H3,(H2,14,15,16,17). The van der Waals surface area contributed by atoms with Crippen LogP contribution in [0.3, 0.4) is 0 Å². The van der Waals surface area contributed by atoms with E-state index in [1.54, 1.807) is 6.33 Å². The molecule has 102 valence electrons. The van der Waals surface area contributed by atoms with Gasteiger partial charge in [0.2, 0.25) is 0 Å². The molecule has 5 heteroatoms. The Bertz CT molecular complexity index is 357. The van der Waals surface area contributed by atoms with Crippen molar-refractivity contribution in [3.8, 4) is 0 Å². The van der Waals surface area contributed by atoms with Crippen molar-refractivity contribution in [3.63, 3.8) is 0 Å². The van der Waals surface area contributed by atoms with Crippen LogP contribution < -0.4 is 10.6 Å². The van der Waals surface area contributed by atoms with Gasteiger partial charge in [-0.1, -0.05) is 6.92 Å². The number of hydrogen-bond acceptors (Lipinski definition) is 5. The number of aliphatic hydroxyl groups excluding tert-OH is 1. The SMILES string of the molecule is CCNc1ncnc(NC(C)CCCO)c1CC. The number of rotatable bonds is 8. The van der Waals surface area contributed by atoms with Crippen molar-refractivity contribution in [1.29, 1.82) is 0 Å². The van der Waals surface area contributed by atoms with Gasteiger partial charge in [-0.25, -0.2) is 9.97 Å². The van der Waals surface area contributed by atoms with Crippen LogP contribution >= 0.6 is 0 Å². The monoisotopic (exact) mass is 252 g/mol. The number of aliphatic hydroxyl groups is 1. The van der Waals surface area contributed by atoms with E-state index in [0.717, 1.165) is 43.0 Å². The Kier molecular flexibility index (Phi) is 6.43. The second kappa shape index (κ2) is 7.87. The average Bonchev–Trinajstić information content (AvgIpc) is 2.37. The minimum Gasteiger partial charge on any atom is -0.396 e. The van der Waals surface area contributed by atoms with Gasteiger partial charge in [0.05, 0.1) is 0 Å². The molecule has 0 aliphatic heterocycles. The fourth-order valence-corrected chi connectivity index (χ4v) is 1.89. The largest absolute Gasteiger partial charge is 0.396 e. The van der Waals surface area contributed by atoms with Gasteiger partial charge in [-0.15, -0.1) is 0 Å². The van der Waals surface area contributed by atoms with Crippen LogP contribution in [0.1, 0.15) is 39.2 Å². The first-order valence-electron chi connectivity index (χ1n) is 6.68. The summed E-state index contributed by atoms with van der Waals surface area (Å²) in [6.07, 6.45) is 4.21. The molecule has 0 saturated heterocycles. The lowest BCUT2D eigenvalue weighted by Crippen LogP contribution is -2.18. The van der Waals surface area contributed by atoms with Gasteiger partial charge in [0.25, 0.3) is 0 Å². The molecule has 0 fully saturated rings. The van der Waals surface area contributed by atoms with E-state index in [1.165, 1.54) is 0 Å². The van der Waals surface area contributed by atoms with E-state index in [0.29, 0.717) is 6.04 Å². The highest BCUT2D eigenvalue weighted by Crippen LogP contribution is 2.21. The van der Waals surface area contributed by atoms with E-state index < -0.39 is 0 Å². The number of aromatic nitrogens is 2. The summed E-state index contributed by atoms with van der Waals surface area (Å²) in [6, 6.07) is 0.298. The number of nitrogens with one attached hydrogen (secondary N) is 2. The van der Waals surface area contributed by atoms with Gasteiger partial charge in [0.15, 0.2) is 0 Å². The first kappa shape index (κ1) is 14.7. The van der Waals surface area contributed by atoms with Gasteiger partial charge in [0, 0.05) is 24.8 Å². The van der Waals surface area contributed by atoms with Gasteiger partial charge in [0.1, 0.15) is 18.0 Å². The summed E-state index contributed by atoms with van der Waals surface area (Å²) in [4.78, 5) is 8.58. The Morgan fingerprint density at radius 3 is 2.61 bits per heavy atom. The highest BCUT2D eigenvalue weighted by atomic mass is 16.2. The van der Waals surface area contributed by atoms with Crippen LogP contribution in [0.2, 0.25) is 0 Å². The molecule has 18 heavy (non-hydrogen) atoms. The van der Waals surface area contributed by atoms with Crippen LogP contribution in [-0.4, -0.2) is 34.3 Å². The lowest BCUT2D eigenvalue weighted by atomic mass is 10.1. The number of nitrogens with zero attached hydrogens (tertiary/aromatic N) is 2. The Hall–Kier alpha value is -1.36. The van der Waals surface area contributed by atoms with Crippen molar-refractivity contribution >= 4 is 11.6 Å². The maximum absolute atomic E-state index is 8.83. The Morgan fingerprint density at radius 1 is 1.28 bits per heavy atom. The first-order chi connectivity index (χ1) is 8.72. The number of anilines is 2. The third kappa shape index (κ3) is 4.14. The van der Waals surface area contributed by atoms with Gasteiger partial charge < -0.3 is 15.7 Å². The molecule has 0 aliphatic rings. The first-order valence-corrected chi connectivity index (χ1v) is 6.68. The van der Waals surface area contributed by atoms with Crippen LogP contribution in [0, 0.1) is 0 Å². The second-order valence-corrected chi connectivity index (χ2v) is 4.34. The maximum atomic E-state index is 8.83. The van der Waals surface area contributed by atoms with Crippen LogP contribution in [0.4, 0.5) is 11.6 Å².